The fourth-order valence-electron chi connectivity index (χ4n) is 2.71. The molecule has 0 aromatic heterocycles. The molecule has 0 aliphatic heterocycles. The maximum absolute atomic E-state index is 12.4. The number of methoxy groups -OCH3 is 1. The number of phenols is 1. The Morgan fingerprint density at radius 2 is 1.81 bits per heavy atom. The minimum Gasteiger partial charge on any atom is -0.504 e. The number of carbonyl (C=O) groups is 2. The second-order valence-corrected chi connectivity index (χ2v) is 6.41. The molecule has 4 nitrogen and oxygen atoms in total. The summed E-state index contributed by atoms with van der Waals surface area (Å²) in [6, 6.07) is 16.0. The molecule has 3 aromatic carbocycles. The van der Waals surface area contributed by atoms with E-state index in [1.165, 1.54) is 31.4 Å². The predicted octanol–water partition coefficient (Wildman–Crippen LogP) is 5.06. The number of phenolic OH excluding ortho intramolecular Hbond substituents is 1. The minimum atomic E-state index is -0.337. The molecule has 0 bridgehead atoms. The number of aromatic hydroxyl groups is 1. The van der Waals surface area contributed by atoms with Gasteiger partial charge in [-0.05, 0) is 40.6 Å². The Hall–Kier alpha value is -3.11. The van der Waals surface area contributed by atoms with E-state index in [4.69, 9.17) is 16.3 Å². The van der Waals surface area contributed by atoms with Gasteiger partial charge in [0.05, 0.1) is 18.6 Å². The molecular formula is C22H17ClO4. The van der Waals surface area contributed by atoms with E-state index in [0.29, 0.717) is 11.1 Å². The number of carbonyl (C=O) groups excluding carboxylic acids is 2. The number of hydrogen-bond donors (Lipinski definition) is 1. The van der Waals surface area contributed by atoms with Crippen LogP contribution in [0.1, 0.15) is 22.3 Å². The molecule has 3 aromatic rings. The van der Waals surface area contributed by atoms with Gasteiger partial charge in [0.1, 0.15) is 0 Å². The van der Waals surface area contributed by atoms with E-state index in [1.807, 2.05) is 30.3 Å². The Kier molecular flexibility index (Phi) is 5.57. The van der Waals surface area contributed by atoms with Crippen molar-refractivity contribution >= 4 is 40.0 Å². The van der Waals surface area contributed by atoms with Crippen molar-refractivity contribution in [1.82, 2.24) is 0 Å². The summed E-state index contributed by atoms with van der Waals surface area (Å²) in [6.07, 6.45) is 2.57. The molecule has 0 amide bonds. The second-order valence-electron chi connectivity index (χ2n) is 6.01. The lowest BCUT2D eigenvalue weighted by molar-refractivity contribution is -0.113. The van der Waals surface area contributed by atoms with Gasteiger partial charge in [-0.25, -0.2) is 0 Å². The molecule has 0 fully saturated rings. The van der Waals surface area contributed by atoms with E-state index < -0.39 is 0 Å². The number of ketones is 2. The van der Waals surface area contributed by atoms with Gasteiger partial charge in [-0.1, -0.05) is 48.0 Å². The van der Waals surface area contributed by atoms with Crippen LogP contribution in [-0.4, -0.2) is 23.8 Å². The molecule has 0 aliphatic carbocycles. The van der Waals surface area contributed by atoms with Gasteiger partial charge in [0.25, 0.3) is 0 Å². The zero-order valence-corrected chi connectivity index (χ0v) is 15.4. The number of hydrogen-bond acceptors (Lipinski definition) is 4. The van der Waals surface area contributed by atoms with Crippen molar-refractivity contribution in [3.05, 3.63) is 76.8 Å². The van der Waals surface area contributed by atoms with E-state index >= 15 is 0 Å². The first kappa shape index (κ1) is 18.7. The molecule has 0 saturated carbocycles. The monoisotopic (exact) mass is 380 g/mol. The van der Waals surface area contributed by atoms with E-state index in [1.54, 1.807) is 12.1 Å². The zero-order chi connectivity index (χ0) is 19.4. The van der Waals surface area contributed by atoms with Crippen LogP contribution in [0, 0.1) is 0 Å². The molecule has 1 N–H and O–H groups in total. The third kappa shape index (κ3) is 4.36. The highest BCUT2D eigenvalue weighted by atomic mass is 35.5. The van der Waals surface area contributed by atoms with Gasteiger partial charge in [0.2, 0.25) is 0 Å². The molecule has 0 heterocycles. The topological polar surface area (TPSA) is 63.6 Å². The van der Waals surface area contributed by atoms with E-state index in [-0.39, 0.29) is 34.5 Å². The number of allylic oxidation sites excluding steroid dienone is 1. The average Bonchev–Trinajstić information content (AvgIpc) is 2.67. The Morgan fingerprint density at radius 3 is 2.56 bits per heavy atom. The molecule has 0 saturated heterocycles. The summed E-state index contributed by atoms with van der Waals surface area (Å²) in [6.45, 7) is 0. The van der Waals surface area contributed by atoms with Gasteiger partial charge in [0, 0.05) is 11.6 Å². The lowest BCUT2D eigenvalue weighted by atomic mass is 10.0. The van der Waals surface area contributed by atoms with Crippen molar-refractivity contribution < 1.29 is 19.4 Å². The molecule has 3 rings (SSSR count). The predicted molar refractivity (Wildman–Crippen MR) is 107 cm³/mol. The van der Waals surface area contributed by atoms with Gasteiger partial charge in [-0.15, -0.1) is 0 Å². The molecule has 0 atom stereocenters. The maximum Gasteiger partial charge on any atom is 0.170 e. The highest BCUT2D eigenvalue weighted by molar-refractivity contribution is 6.32. The van der Waals surface area contributed by atoms with Crippen molar-refractivity contribution in [3.8, 4) is 11.5 Å². The summed E-state index contributed by atoms with van der Waals surface area (Å²) in [7, 11) is 1.42. The van der Waals surface area contributed by atoms with Crippen molar-refractivity contribution in [2.75, 3.05) is 7.11 Å². The van der Waals surface area contributed by atoms with Crippen molar-refractivity contribution in [2.24, 2.45) is 0 Å². The molecule has 0 spiro atoms. The molecule has 27 heavy (non-hydrogen) atoms. The summed E-state index contributed by atoms with van der Waals surface area (Å²) in [5.74, 6) is -0.419. The normalized spacial score (nSPS) is 11.0. The number of ether oxygens (including phenoxy) is 1. The van der Waals surface area contributed by atoms with Gasteiger partial charge < -0.3 is 9.84 Å². The summed E-state index contributed by atoms with van der Waals surface area (Å²) >= 11 is 6.05. The quantitative estimate of drug-likeness (QED) is 0.368. The van der Waals surface area contributed by atoms with Gasteiger partial charge in [0.15, 0.2) is 23.1 Å². The highest BCUT2D eigenvalue weighted by Gasteiger charge is 2.11. The second kappa shape index (κ2) is 8.06. The Bertz CT molecular complexity index is 1050. The summed E-state index contributed by atoms with van der Waals surface area (Å²) < 4.78 is 5.02. The first-order valence-corrected chi connectivity index (χ1v) is 8.65. The fourth-order valence-corrected chi connectivity index (χ4v) is 2.94. The Balaban J connectivity index is 1.73. The zero-order valence-electron chi connectivity index (χ0n) is 14.6. The van der Waals surface area contributed by atoms with E-state index in [9.17, 15) is 14.7 Å². The van der Waals surface area contributed by atoms with Gasteiger partial charge in [-0.2, -0.15) is 0 Å². The van der Waals surface area contributed by atoms with Gasteiger partial charge >= 0.3 is 0 Å². The average molecular weight is 381 g/mol. The van der Waals surface area contributed by atoms with Crippen molar-refractivity contribution in [2.45, 2.75) is 6.42 Å². The lowest BCUT2D eigenvalue weighted by Crippen LogP contribution is -2.05. The SMILES string of the molecule is COc1cc(/C=C/C(=O)CC(=O)c2ccc3ccccc3c2)c(Cl)cc1O. The standard InChI is InChI=1S/C22H17ClO4/c1-27-22-11-16(19(23)13-21(22)26)8-9-18(24)12-20(25)17-7-6-14-4-2-3-5-15(14)10-17/h2-11,13,26H,12H2,1H3/b9-8+. The molecular weight excluding hydrogens is 364 g/mol. The van der Waals surface area contributed by atoms with Crippen LogP contribution in [-0.2, 0) is 4.79 Å². The Morgan fingerprint density at radius 1 is 1.07 bits per heavy atom. The summed E-state index contributed by atoms with van der Waals surface area (Å²) in [5.41, 5.74) is 1.01. The van der Waals surface area contributed by atoms with Crippen molar-refractivity contribution in [1.29, 1.82) is 0 Å². The molecule has 0 radical (unpaired) electrons. The van der Waals surface area contributed by atoms with Crippen LogP contribution < -0.4 is 4.74 Å². The van der Waals surface area contributed by atoms with Crippen molar-refractivity contribution in [3.63, 3.8) is 0 Å². The fraction of sp³-hybridized carbons (Fsp3) is 0.0909. The van der Waals surface area contributed by atoms with Gasteiger partial charge in [-0.3, -0.25) is 9.59 Å². The third-order valence-electron chi connectivity index (χ3n) is 4.15. The van der Waals surface area contributed by atoms with Crippen LogP contribution in [0.15, 0.2) is 60.7 Å². The Labute approximate surface area is 161 Å². The minimum absolute atomic E-state index is 0.0857. The van der Waals surface area contributed by atoms with E-state index in [2.05, 4.69) is 0 Å². The number of benzene rings is 3. The number of Topliss-reactive ketones (excluding diaryl/α,β-unsaturated/α-hetero) is 1. The van der Waals surface area contributed by atoms with Crippen LogP contribution in [0.2, 0.25) is 5.02 Å². The molecule has 0 aliphatic rings. The molecule has 136 valence electrons. The van der Waals surface area contributed by atoms with Crippen LogP contribution in [0.3, 0.4) is 0 Å². The van der Waals surface area contributed by atoms with Crippen LogP contribution in [0.5, 0.6) is 11.5 Å². The first-order chi connectivity index (χ1) is 13.0. The third-order valence-corrected chi connectivity index (χ3v) is 4.48. The highest BCUT2D eigenvalue weighted by Crippen LogP contribution is 2.32. The molecule has 5 heteroatoms. The number of halogens is 1. The van der Waals surface area contributed by atoms with E-state index in [0.717, 1.165) is 10.8 Å². The lowest BCUT2D eigenvalue weighted by Gasteiger charge is -2.06. The summed E-state index contributed by atoms with van der Waals surface area (Å²) in [4.78, 5) is 24.6. The number of rotatable bonds is 6. The first-order valence-electron chi connectivity index (χ1n) is 8.27. The number of fused-ring (bicyclic) bond motifs is 1. The smallest absolute Gasteiger partial charge is 0.170 e. The van der Waals surface area contributed by atoms with Crippen LogP contribution >= 0.6 is 11.6 Å². The largest absolute Gasteiger partial charge is 0.504 e. The summed E-state index contributed by atoms with van der Waals surface area (Å²) in [5, 5.41) is 11.9. The maximum atomic E-state index is 12.4. The molecule has 0 unspecified atom stereocenters. The van der Waals surface area contributed by atoms with Crippen LogP contribution in [0.25, 0.3) is 16.8 Å². The van der Waals surface area contributed by atoms with Crippen LogP contribution in [0.4, 0.5) is 0 Å².